The number of phenols is 2. The molecule has 0 radical (unpaired) electrons. The number of aromatic nitrogens is 1. The third-order valence-electron chi connectivity index (χ3n) is 8.03. The van der Waals surface area contributed by atoms with E-state index in [4.69, 9.17) is 11.5 Å². The first-order chi connectivity index (χ1) is 23.0. The van der Waals surface area contributed by atoms with Gasteiger partial charge in [-0.3, -0.25) is 14.4 Å². The van der Waals surface area contributed by atoms with Crippen molar-refractivity contribution in [2.45, 2.75) is 62.7 Å². The van der Waals surface area contributed by atoms with E-state index < -0.39 is 47.9 Å². The van der Waals surface area contributed by atoms with Gasteiger partial charge in [0.25, 0.3) is 0 Å². The molecule has 0 bridgehead atoms. The normalized spacial score (nSPS) is 13.6. The van der Waals surface area contributed by atoms with Gasteiger partial charge in [0.05, 0.1) is 6.04 Å². The summed E-state index contributed by atoms with van der Waals surface area (Å²) in [6, 6.07) is 15.1. The molecule has 1 heterocycles. The number of amides is 3. The van der Waals surface area contributed by atoms with Crippen molar-refractivity contribution < 1.29 is 34.5 Å². The smallest absolute Gasteiger partial charge is 0.326 e. The summed E-state index contributed by atoms with van der Waals surface area (Å²) in [7, 11) is 0. The van der Waals surface area contributed by atoms with E-state index in [-0.39, 0.29) is 37.2 Å². The van der Waals surface area contributed by atoms with Crippen LogP contribution < -0.4 is 27.4 Å². The van der Waals surface area contributed by atoms with Crippen LogP contribution >= 0.6 is 0 Å². The van der Waals surface area contributed by atoms with Crippen LogP contribution in [0.1, 0.15) is 36.0 Å². The summed E-state index contributed by atoms with van der Waals surface area (Å²) in [5, 5.41) is 38.0. The average molecular weight is 659 g/mol. The molecule has 254 valence electrons. The number of carbonyl (C=O) groups is 4. The highest BCUT2D eigenvalue weighted by Crippen LogP contribution is 2.19. The van der Waals surface area contributed by atoms with Crippen LogP contribution in [0.4, 0.5) is 0 Å². The van der Waals surface area contributed by atoms with Gasteiger partial charge < -0.3 is 47.7 Å². The maximum Gasteiger partial charge on any atom is 0.326 e. The van der Waals surface area contributed by atoms with Gasteiger partial charge in [-0.2, -0.15) is 0 Å². The van der Waals surface area contributed by atoms with Crippen LogP contribution in [0.5, 0.6) is 11.5 Å². The molecule has 0 aliphatic heterocycles. The van der Waals surface area contributed by atoms with E-state index in [1.54, 1.807) is 30.5 Å². The zero-order valence-electron chi connectivity index (χ0n) is 26.4. The molecule has 4 atom stereocenters. The first-order valence-electron chi connectivity index (χ1n) is 15.7. The molecule has 4 aromatic rings. The van der Waals surface area contributed by atoms with Crippen molar-refractivity contribution in [1.82, 2.24) is 20.9 Å². The van der Waals surface area contributed by atoms with E-state index in [2.05, 4.69) is 20.9 Å². The molecule has 0 fully saturated rings. The molecule has 3 amide bonds. The Morgan fingerprint density at radius 1 is 0.688 bits per heavy atom. The number of carboxylic acid groups (broad SMARTS) is 1. The summed E-state index contributed by atoms with van der Waals surface area (Å²) in [4.78, 5) is 55.9. The van der Waals surface area contributed by atoms with Crippen molar-refractivity contribution in [1.29, 1.82) is 0 Å². The number of aromatic hydroxyl groups is 2. The average Bonchev–Trinajstić information content (AvgIpc) is 3.47. The number of nitrogens with two attached hydrogens (primary N) is 2. The fourth-order valence-electron chi connectivity index (χ4n) is 5.36. The molecular weight excluding hydrogens is 616 g/mol. The number of aliphatic carboxylic acids is 1. The number of aromatic amines is 1. The van der Waals surface area contributed by atoms with Gasteiger partial charge >= 0.3 is 5.97 Å². The largest absolute Gasteiger partial charge is 0.508 e. The van der Waals surface area contributed by atoms with Crippen LogP contribution in [0.15, 0.2) is 79.0 Å². The SMILES string of the molecule is NCCCCC(NC(=O)C(Cc1ccc(O)cc1)NC(=O)C(N)Cc1c[nH]c2ccccc12)C(=O)NC(Cc1ccc(O)cc1)C(=O)O. The second kappa shape index (κ2) is 17.0. The summed E-state index contributed by atoms with van der Waals surface area (Å²) < 4.78 is 0. The summed E-state index contributed by atoms with van der Waals surface area (Å²) in [5.74, 6) is -3.19. The topological polar surface area (TPSA) is 233 Å². The molecule has 0 aliphatic carbocycles. The first-order valence-corrected chi connectivity index (χ1v) is 15.7. The highest BCUT2D eigenvalue weighted by atomic mass is 16.4. The summed E-state index contributed by atoms with van der Waals surface area (Å²) in [6.45, 7) is 0.356. The Labute approximate surface area is 277 Å². The Bertz CT molecular complexity index is 1690. The van der Waals surface area contributed by atoms with Gasteiger partial charge in [-0.25, -0.2) is 4.79 Å². The highest BCUT2D eigenvalue weighted by Gasteiger charge is 2.31. The van der Waals surface area contributed by atoms with Gasteiger partial charge in [0.15, 0.2) is 0 Å². The number of phenolic OH excluding ortho intramolecular Hbond substituents is 2. The van der Waals surface area contributed by atoms with Gasteiger partial charge in [-0.1, -0.05) is 42.5 Å². The van der Waals surface area contributed by atoms with E-state index in [1.807, 2.05) is 24.3 Å². The van der Waals surface area contributed by atoms with Gasteiger partial charge in [-0.15, -0.1) is 0 Å². The van der Waals surface area contributed by atoms with Crippen molar-refractivity contribution >= 4 is 34.6 Å². The minimum atomic E-state index is -1.31. The fraction of sp³-hybridized carbons (Fsp3) is 0.314. The number of carboxylic acids is 1. The lowest BCUT2D eigenvalue weighted by Crippen LogP contribution is -2.58. The monoisotopic (exact) mass is 658 g/mol. The minimum absolute atomic E-state index is 0.0187. The standard InChI is InChI=1S/C35H42N6O7/c36-16-4-3-7-29(33(45)41-31(35(47)48)18-22-10-14-25(43)15-11-22)39-34(46)30(17-21-8-12-24(42)13-9-21)40-32(44)27(37)19-23-20-38-28-6-2-1-5-26(23)28/h1-2,5-6,8-15,20,27,29-31,38,42-43H,3-4,7,16-19,36-37H2,(H,39,46)(H,40,44)(H,41,45)(H,47,48). The third-order valence-corrected chi connectivity index (χ3v) is 8.03. The predicted molar refractivity (Wildman–Crippen MR) is 180 cm³/mol. The number of nitrogens with one attached hydrogen (secondary N) is 4. The number of benzene rings is 3. The van der Waals surface area contributed by atoms with Crippen molar-refractivity contribution in [3.63, 3.8) is 0 Å². The van der Waals surface area contributed by atoms with Crippen LogP contribution in [-0.2, 0) is 38.4 Å². The van der Waals surface area contributed by atoms with Gasteiger partial charge in [-0.05, 0) is 79.3 Å². The van der Waals surface area contributed by atoms with E-state index in [0.717, 1.165) is 16.5 Å². The van der Waals surface area contributed by atoms with Crippen LogP contribution in [0.2, 0.25) is 0 Å². The molecule has 4 unspecified atom stereocenters. The van der Waals surface area contributed by atoms with E-state index in [0.29, 0.717) is 30.5 Å². The molecule has 13 nitrogen and oxygen atoms in total. The Balaban J connectivity index is 1.50. The van der Waals surface area contributed by atoms with Crippen LogP contribution in [0, 0.1) is 0 Å². The summed E-state index contributed by atoms with van der Waals surface area (Å²) in [5.41, 5.74) is 14.9. The maximum atomic E-state index is 13.8. The molecule has 11 N–H and O–H groups in total. The number of rotatable bonds is 17. The number of unbranched alkanes of at least 4 members (excludes halogenated alkanes) is 1. The van der Waals surface area contributed by atoms with E-state index in [1.165, 1.54) is 24.3 Å². The quantitative estimate of drug-likeness (QED) is 0.0749. The van der Waals surface area contributed by atoms with Crippen LogP contribution in [0.25, 0.3) is 10.9 Å². The van der Waals surface area contributed by atoms with Crippen molar-refractivity contribution in [3.05, 3.63) is 95.7 Å². The van der Waals surface area contributed by atoms with Gasteiger partial charge in [0, 0.05) is 29.9 Å². The molecule has 0 saturated carbocycles. The zero-order chi connectivity index (χ0) is 34.6. The minimum Gasteiger partial charge on any atom is -0.508 e. The number of hydrogen-bond donors (Lipinski definition) is 9. The summed E-state index contributed by atoms with van der Waals surface area (Å²) in [6.07, 6.45) is 3.15. The van der Waals surface area contributed by atoms with Crippen LogP contribution in [-0.4, -0.2) is 74.7 Å². The Kier molecular flexibility index (Phi) is 12.5. The number of carbonyl (C=O) groups excluding carboxylic acids is 3. The maximum absolute atomic E-state index is 13.8. The first kappa shape index (κ1) is 35.5. The second-order valence-corrected chi connectivity index (χ2v) is 11.7. The van der Waals surface area contributed by atoms with Gasteiger partial charge in [0.1, 0.15) is 29.6 Å². The fourth-order valence-corrected chi connectivity index (χ4v) is 5.36. The molecule has 0 saturated heterocycles. The lowest BCUT2D eigenvalue weighted by atomic mass is 10.0. The van der Waals surface area contributed by atoms with E-state index >= 15 is 0 Å². The van der Waals surface area contributed by atoms with Crippen LogP contribution in [0.3, 0.4) is 0 Å². The lowest BCUT2D eigenvalue weighted by Gasteiger charge is -2.25. The number of fused-ring (bicyclic) bond motifs is 1. The predicted octanol–water partition coefficient (Wildman–Crippen LogP) is 1.60. The van der Waals surface area contributed by atoms with Crippen molar-refractivity contribution in [3.8, 4) is 11.5 Å². The molecule has 0 spiro atoms. The number of hydrogen-bond acceptors (Lipinski definition) is 8. The third kappa shape index (κ3) is 10.0. The Hall–Kier alpha value is -5.40. The molecular formula is C35H42N6O7. The second-order valence-electron chi connectivity index (χ2n) is 11.7. The summed E-state index contributed by atoms with van der Waals surface area (Å²) >= 11 is 0. The van der Waals surface area contributed by atoms with E-state index in [9.17, 15) is 34.5 Å². The van der Waals surface area contributed by atoms with Crippen molar-refractivity contribution in [2.24, 2.45) is 11.5 Å². The molecule has 4 rings (SSSR count). The molecule has 13 heteroatoms. The van der Waals surface area contributed by atoms with Gasteiger partial charge in [0.2, 0.25) is 17.7 Å². The molecule has 3 aromatic carbocycles. The van der Waals surface area contributed by atoms with Crippen molar-refractivity contribution in [2.75, 3.05) is 6.54 Å². The Morgan fingerprint density at radius 2 is 1.23 bits per heavy atom. The highest BCUT2D eigenvalue weighted by molar-refractivity contribution is 5.94. The lowest BCUT2D eigenvalue weighted by molar-refractivity contribution is -0.142. The molecule has 0 aliphatic rings. The number of H-pyrrole nitrogens is 1. The number of para-hydroxylation sites is 1. The molecule has 48 heavy (non-hydrogen) atoms. The molecule has 1 aromatic heterocycles. The Morgan fingerprint density at radius 3 is 1.83 bits per heavy atom. The zero-order valence-corrected chi connectivity index (χ0v) is 26.4.